The van der Waals surface area contributed by atoms with E-state index in [2.05, 4.69) is 15.6 Å². The Morgan fingerprint density at radius 2 is 2.38 bits per heavy atom. The molecular weight excluding hydrogens is 206 g/mol. The van der Waals surface area contributed by atoms with Crippen LogP contribution in [0, 0.1) is 0 Å². The number of carbonyl (C=O) groups excluding carboxylic acids is 1. The van der Waals surface area contributed by atoms with Gasteiger partial charge >= 0.3 is 0 Å². The van der Waals surface area contributed by atoms with Gasteiger partial charge in [-0.25, -0.2) is 0 Å². The molecule has 1 aromatic heterocycles. The van der Waals surface area contributed by atoms with Crippen LogP contribution in [-0.4, -0.2) is 29.5 Å². The first-order chi connectivity index (χ1) is 7.61. The predicted molar refractivity (Wildman–Crippen MR) is 60.4 cm³/mol. The van der Waals surface area contributed by atoms with Gasteiger partial charge in [0.1, 0.15) is 5.56 Å². The van der Waals surface area contributed by atoms with Crippen LogP contribution in [0.2, 0.25) is 0 Å². The topological polar surface area (TPSA) is 74.0 Å². The molecule has 0 aromatic carbocycles. The second kappa shape index (κ2) is 4.09. The first-order valence-electron chi connectivity index (χ1n) is 5.32. The van der Waals surface area contributed by atoms with Crippen molar-refractivity contribution in [2.45, 2.75) is 18.9 Å². The number of aromatic amines is 1. The third kappa shape index (κ3) is 2.14. The van der Waals surface area contributed by atoms with Gasteiger partial charge in [-0.2, -0.15) is 0 Å². The molecule has 0 spiro atoms. The largest absolute Gasteiger partial charge is 0.345 e. The van der Waals surface area contributed by atoms with Crippen molar-refractivity contribution < 1.29 is 4.79 Å². The van der Waals surface area contributed by atoms with Crippen LogP contribution in [0.4, 0.5) is 0 Å². The number of H-pyrrole nitrogens is 1. The Bertz CT molecular complexity index is 447. The van der Waals surface area contributed by atoms with E-state index in [1.165, 1.54) is 12.3 Å². The van der Waals surface area contributed by atoms with Crippen LogP contribution in [-0.2, 0) is 0 Å². The molecule has 1 atom stereocenters. The minimum atomic E-state index is -0.352. The smallest absolute Gasteiger partial charge is 0.260 e. The molecule has 1 saturated heterocycles. The Hall–Kier alpha value is -1.62. The highest BCUT2D eigenvalue weighted by molar-refractivity contribution is 5.94. The van der Waals surface area contributed by atoms with Gasteiger partial charge in [-0.1, -0.05) is 0 Å². The van der Waals surface area contributed by atoms with Gasteiger partial charge in [-0.05, 0) is 32.0 Å². The molecule has 3 N–H and O–H groups in total. The standard InChI is InChI=1S/C11H15N3O2/c1-11(4-6-12-7-11)14-10(16)8-3-2-5-13-9(8)15/h2-3,5,12H,4,6-7H2,1H3,(H,13,15)(H,14,16). The van der Waals surface area contributed by atoms with Gasteiger partial charge in [-0.15, -0.1) is 0 Å². The fourth-order valence-electron chi connectivity index (χ4n) is 1.87. The molecule has 1 aliphatic heterocycles. The van der Waals surface area contributed by atoms with Crippen molar-refractivity contribution in [1.82, 2.24) is 15.6 Å². The highest BCUT2D eigenvalue weighted by Gasteiger charge is 2.30. The predicted octanol–water partition coefficient (Wildman–Crippen LogP) is -0.143. The third-order valence-corrected chi connectivity index (χ3v) is 2.85. The van der Waals surface area contributed by atoms with Crippen LogP contribution in [0.15, 0.2) is 23.1 Å². The number of aromatic nitrogens is 1. The Balaban J connectivity index is 2.15. The minimum Gasteiger partial charge on any atom is -0.345 e. The highest BCUT2D eigenvalue weighted by Crippen LogP contribution is 2.13. The molecule has 5 nitrogen and oxygen atoms in total. The zero-order chi connectivity index (χ0) is 11.6. The summed E-state index contributed by atoms with van der Waals surface area (Å²) < 4.78 is 0. The van der Waals surface area contributed by atoms with E-state index in [9.17, 15) is 9.59 Å². The fraction of sp³-hybridized carbons (Fsp3) is 0.455. The Labute approximate surface area is 93.3 Å². The summed E-state index contributed by atoms with van der Waals surface area (Å²) in [4.78, 5) is 25.8. The number of nitrogens with one attached hydrogen (secondary N) is 3. The van der Waals surface area contributed by atoms with Crippen molar-refractivity contribution >= 4 is 5.91 Å². The van der Waals surface area contributed by atoms with Crippen molar-refractivity contribution in [2.75, 3.05) is 13.1 Å². The first-order valence-corrected chi connectivity index (χ1v) is 5.32. The molecule has 1 unspecified atom stereocenters. The molecule has 2 heterocycles. The van der Waals surface area contributed by atoms with Crippen LogP contribution >= 0.6 is 0 Å². The van der Waals surface area contributed by atoms with Crippen molar-refractivity contribution in [3.63, 3.8) is 0 Å². The molecule has 0 bridgehead atoms. The number of hydrogen-bond donors (Lipinski definition) is 3. The first kappa shape index (κ1) is 10.9. The van der Waals surface area contributed by atoms with Crippen LogP contribution in [0.1, 0.15) is 23.7 Å². The van der Waals surface area contributed by atoms with Gasteiger partial charge in [0.2, 0.25) is 0 Å². The third-order valence-electron chi connectivity index (χ3n) is 2.85. The highest BCUT2D eigenvalue weighted by atomic mass is 16.2. The number of pyridine rings is 1. The summed E-state index contributed by atoms with van der Waals surface area (Å²) in [6.07, 6.45) is 2.39. The van der Waals surface area contributed by atoms with Crippen molar-refractivity contribution in [1.29, 1.82) is 0 Å². The van der Waals surface area contributed by atoms with E-state index in [1.807, 2.05) is 6.92 Å². The molecule has 0 radical (unpaired) electrons. The molecule has 1 aromatic rings. The Morgan fingerprint density at radius 3 is 3.00 bits per heavy atom. The summed E-state index contributed by atoms with van der Waals surface area (Å²) in [6.45, 7) is 3.60. The van der Waals surface area contributed by atoms with E-state index in [-0.39, 0.29) is 22.6 Å². The molecule has 1 amide bonds. The summed E-state index contributed by atoms with van der Waals surface area (Å²) in [7, 11) is 0. The second-order valence-electron chi connectivity index (χ2n) is 4.35. The lowest BCUT2D eigenvalue weighted by molar-refractivity contribution is 0.0911. The SMILES string of the molecule is CC1(NC(=O)c2ccc[nH]c2=O)CCNC1. The molecule has 2 rings (SSSR count). The Kier molecular flexibility index (Phi) is 2.78. The van der Waals surface area contributed by atoms with E-state index in [0.29, 0.717) is 0 Å². The van der Waals surface area contributed by atoms with Gasteiger partial charge in [0.15, 0.2) is 0 Å². The van der Waals surface area contributed by atoms with Crippen LogP contribution < -0.4 is 16.2 Å². The number of amides is 1. The molecule has 0 saturated carbocycles. The minimum absolute atomic E-state index is 0.163. The van der Waals surface area contributed by atoms with Crippen LogP contribution in [0.25, 0.3) is 0 Å². The zero-order valence-electron chi connectivity index (χ0n) is 9.17. The number of rotatable bonds is 2. The van der Waals surface area contributed by atoms with Gasteiger partial charge in [0.25, 0.3) is 11.5 Å². The zero-order valence-corrected chi connectivity index (χ0v) is 9.17. The van der Waals surface area contributed by atoms with Crippen molar-refractivity contribution in [3.8, 4) is 0 Å². The summed E-state index contributed by atoms with van der Waals surface area (Å²) in [5.74, 6) is -0.312. The van der Waals surface area contributed by atoms with Gasteiger partial charge in [0.05, 0.1) is 5.54 Å². The number of hydrogen-bond acceptors (Lipinski definition) is 3. The van der Waals surface area contributed by atoms with E-state index < -0.39 is 0 Å². The average molecular weight is 221 g/mol. The number of carbonyl (C=O) groups is 1. The van der Waals surface area contributed by atoms with Crippen LogP contribution in [0.3, 0.4) is 0 Å². The molecule has 0 aliphatic carbocycles. The fourth-order valence-corrected chi connectivity index (χ4v) is 1.87. The molecule has 86 valence electrons. The molecule has 1 aliphatic rings. The second-order valence-corrected chi connectivity index (χ2v) is 4.35. The quantitative estimate of drug-likeness (QED) is 0.650. The lowest BCUT2D eigenvalue weighted by Gasteiger charge is -2.24. The van der Waals surface area contributed by atoms with E-state index in [4.69, 9.17) is 0 Å². The summed E-state index contributed by atoms with van der Waals surface area (Å²) in [5, 5.41) is 6.07. The molecule has 5 heteroatoms. The maximum Gasteiger partial charge on any atom is 0.260 e. The summed E-state index contributed by atoms with van der Waals surface area (Å²) in [5.41, 5.74) is -0.440. The maximum atomic E-state index is 11.9. The maximum absolute atomic E-state index is 11.9. The van der Waals surface area contributed by atoms with Crippen LogP contribution in [0.5, 0.6) is 0 Å². The molecule has 1 fully saturated rings. The van der Waals surface area contributed by atoms with E-state index >= 15 is 0 Å². The van der Waals surface area contributed by atoms with Crippen molar-refractivity contribution in [2.24, 2.45) is 0 Å². The van der Waals surface area contributed by atoms with Gasteiger partial charge < -0.3 is 15.6 Å². The summed E-state index contributed by atoms with van der Waals surface area (Å²) >= 11 is 0. The normalized spacial score (nSPS) is 24.3. The lowest BCUT2D eigenvalue weighted by Crippen LogP contribution is -2.48. The van der Waals surface area contributed by atoms with Gasteiger partial charge in [-0.3, -0.25) is 9.59 Å². The van der Waals surface area contributed by atoms with E-state index in [0.717, 1.165) is 19.5 Å². The summed E-state index contributed by atoms with van der Waals surface area (Å²) in [6, 6.07) is 3.17. The monoisotopic (exact) mass is 221 g/mol. The lowest BCUT2D eigenvalue weighted by atomic mass is 10.0. The molecule has 16 heavy (non-hydrogen) atoms. The van der Waals surface area contributed by atoms with Gasteiger partial charge in [0, 0.05) is 12.7 Å². The van der Waals surface area contributed by atoms with Crippen molar-refractivity contribution in [3.05, 3.63) is 34.2 Å². The Morgan fingerprint density at radius 1 is 1.56 bits per heavy atom. The van der Waals surface area contributed by atoms with E-state index in [1.54, 1.807) is 6.07 Å². The average Bonchev–Trinajstić information content (AvgIpc) is 2.65. The molecular formula is C11H15N3O2.